The van der Waals surface area contributed by atoms with E-state index < -0.39 is 46.6 Å². The highest BCUT2D eigenvalue weighted by molar-refractivity contribution is 6.32. The molecule has 0 aromatic heterocycles. The van der Waals surface area contributed by atoms with Crippen LogP contribution in [0.2, 0.25) is 5.02 Å². The fourth-order valence-electron chi connectivity index (χ4n) is 3.47. The zero-order chi connectivity index (χ0) is 23.9. The van der Waals surface area contributed by atoms with Crippen molar-refractivity contribution in [2.75, 3.05) is 6.61 Å². The van der Waals surface area contributed by atoms with Crippen molar-refractivity contribution in [1.29, 1.82) is 5.26 Å². The van der Waals surface area contributed by atoms with Crippen LogP contribution >= 0.6 is 11.6 Å². The Bertz CT molecular complexity index is 937. The van der Waals surface area contributed by atoms with Crippen molar-refractivity contribution < 1.29 is 24.0 Å². The number of ether oxygens (including phenoxy) is 1. The van der Waals surface area contributed by atoms with Crippen LogP contribution in [0.4, 0.5) is 5.69 Å². The number of hydrogen-bond donors (Lipinski definition) is 2. The number of hydrogen-bond acceptors (Lipinski definition) is 7. The summed E-state index contributed by atoms with van der Waals surface area (Å²) in [6, 6.07) is 4.59. The number of halogens is 1. The minimum atomic E-state index is -1.09. The van der Waals surface area contributed by atoms with Crippen molar-refractivity contribution in [3.8, 4) is 6.07 Å². The van der Waals surface area contributed by atoms with E-state index in [1.807, 2.05) is 0 Å². The number of carbonyl (C=O) groups excluding carboxylic acids is 3. The maximum absolute atomic E-state index is 12.5. The molecule has 0 spiro atoms. The van der Waals surface area contributed by atoms with E-state index in [2.05, 4.69) is 16.7 Å². The van der Waals surface area contributed by atoms with Gasteiger partial charge in [0.25, 0.3) is 17.5 Å². The first kappa shape index (κ1) is 25.1. The third-order valence-corrected chi connectivity index (χ3v) is 5.58. The highest BCUT2D eigenvalue weighted by Crippen LogP contribution is 2.27. The Kier molecular flexibility index (Phi) is 8.55. The minimum Gasteiger partial charge on any atom is -0.454 e. The molecule has 0 bridgehead atoms. The molecule has 2 N–H and O–H groups in total. The molecule has 1 aliphatic rings. The van der Waals surface area contributed by atoms with Crippen LogP contribution in [0.1, 0.15) is 56.3 Å². The molecular weight excluding hydrogens is 440 g/mol. The van der Waals surface area contributed by atoms with E-state index in [1.165, 1.54) is 12.1 Å². The van der Waals surface area contributed by atoms with Gasteiger partial charge in [-0.3, -0.25) is 19.7 Å². The fourth-order valence-corrected chi connectivity index (χ4v) is 3.65. The van der Waals surface area contributed by atoms with Crippen LogP contribution in [0.3, 0.4) is 0 Å². The second-order valence-corrected chi connectivity index (χ2v) is 8.44. The average Bonchev–Trinajstić information content (AvgIpc) is 2.76. The van der Waals surface area contributed by atoms with Crippen LogP contribution in [-0.4, -0.2) is 40.9 Å². The summed E-state index contributed by atoms with van der Waals surface area (Å²) in [6.45, 7) is 2.75. The Morgan fingerprint density at radius 3 is 2.50 bits per heavy atom. The molecule has 10 nitrogen and oxygen atoms in total. The Morgan fingerprint density at radius 2 is 1.94 bits per heavy atom. The molecule has 32 heavy (non-hydrogen) atoms. The van der Waals surface area contributed by atoms with Crippen molar-refractivity contribution in [2.24, 2.45) is 5.92 Å². The van der Waals surface area contributed by atoms with Crippen molar-refractivity contribution in [3.05, 3.63) is 38.9 Å². The number of nitrogens with zero attached hydrogens (tertiary/aromatic N) is 2. The third kappa shape index (κ3) is 6.40. The maximum Gasteiger partial charge on any atom is 0.329 e. The van der Waals surface area contributed by atoms with Crippen LogP contribution < -0.4 is 10.6 Å². The Labute approximate surface area is 190 Å². The van der Waals surface area contributed by atoms with Gasteiger partial charge in [-0.1, -0.05) is 44.7 Å². The van der Waals surface area contributed by atoms with Gasteiger partial charge in [0.15, 0.2) is 6.61 Å². The lowest BCUT2D eigenvalue weighted by molar-refractivity contribution is -0.384. The van der Waals surface area contributed by atoms with Gasteiger partial charge in [0.2, 0.25) is 0 Å². The summed E-state index contributed by atoms with van der Waals surface area (Å²) in [4.78, 5) is 47.6. The van der Waals surface area contributed by atoms with Crippen LogP contribution in [-0.2, 0) is 14.3 Å². The number of amides is 2. The molecule has 0 saturated heterocycles. The van der Waals surface area contributed by atoms with Crippen LogP contribution in [0.5, 0.6) is 0 Å². The molecule has 0 heterocycles. The standard InChI is InChI=1S/C21H25ClN4O6/c1-13(2)18(24-19(28)14-6-7-15(22)16(10-14)26(30)31)20(29)32-11-17(27)25-21(12-23)8-4-3-5-9-21/h6-7,10,13,18H,3-5,8-9,11H2,1-2H3,(H,24,28)(H,25,27)/t18-/m0/s1. The number of nitriles is 1. The number of nitro groups is 1. The second-order valence-electron chi connectivity index (χ2n) is 8.03. The summed E-state index contributed by atoms with van der Waals surface area (Å²) < 4.78 is 5.07. The first-order valence-electron chi connectivity index (χ1n) is 10.2. The molecule has 1 atom stereocenters. The summed E-state index contributed by atoms with van der Waals surface area (Å²) in [5.74, 6) is -2.54. The van der Waals surface area contributed by atoms with Crippen LogP contribution in [0.25, 0.3) is 0 Å². The van der Waals surface area contributed by atoms with Gasteiger partial charge in [-0.2, -0.15) is 5.26 Å². The smallest absolute Gasteiger partial charge is 0.329 e. The van der Waals surface area contributed by atoms with Crippen molar-refractivity contribution in [2.45, 2.75) is 57.5 Å². The van der Waals surface area contributed by atoms with E-state index in [1.54, 1.807) is 13.8 Å². The van der Waals surface area contributed by atoms with Crippen molar-refractivity contribution in [1.82, 2.24) is 10.6 Å². The lowest BCUT2D eigenvalue weighted by atomic mass is 9.83. The van der Waals surface area contributed by atoms with Crippen LogP contribution in [0, 0.1) is 27.4 Å². The molecule has 2 rings (SSSR count). The normalized spacial score (nSPS) is 15.8. The van der Waals surface area contributed by atoms with E-state index in [0.29, 0.717) is 12.8 Å². The van der Waals surface area contributed by atoms with Gasteiger partial charge in [0, 0.05) is 11.6 Å². The minimum absolute atomic E-state index is 0.0504. The Hall–Kier alpha value is -3.19. The molecule has 0 unspecified atom stereocenters. The highest BCUT2D eigenvalue weighted by atomic mass is 35.5. The molecule has 0 radical (unpaired) electrons. The second kappa shape index (κ2) is 10.9. The first-order valence-corrected chi connectivity index (χ1v) is 10.6. The SMILES string of the molecule is CC(C)[C@H](NC(=O)c1ccc(Cl)c([N+](=O)[O-])c1)C(=O)OCC(=O)NC1(C#N)CCCCC1. The maximum atomic E-state index is 12.5. The van der Waals surface area contributed by atoms with Gasteiger partial charge in [0.05, 0.1) is 11.0 Å². The number of nitrogens with one attached hydrogen (secondary N) is 2. The number of carbonyl (C=O) groups is 3. The number of nitro benzene ring substituents is 1. The zero-order valence-corrected chi connectivity index (χ0v) is 18.6. The summed E-state index contributed by atoms with van der Waals surface area (Å²) in [6.07, 6.45) is 3.75. The quantitative estimate of drug-likeness (QED) is 0.341. The molecule has 0 aliphatic heterocycles. The fraction of sp³-hybridized carbons (Fsp3) is 0.524. The summed E-state index contributed by atoms with van der Waals surface area (Å²) >= 11 is 5.76. The summed E-state index contributed by atoms with van der Waals surface area (Å²) in [5.41, 5.74) is -1.43. The third-order valence-electron chi connectivity index (χ3n) is 5.26. The van der Waals surface area contributed by atoms with Gasteiger partial charge >= 0.3 is 5.97 Å². The Balaban J connectivity index is 2.00. The van der Waals surface area contributed by atoms with Crippen molar-refractivity contribution >= 4 is 35.1 Å². The number of rotatable bonds is 8. The number of esters is 1. The first-order chi connectivity index (χ1) is 15.1. The van der Waals surface area contributed by atoms with Crippen LogP contribution in [0.15, 0.2) is 18.2 Å². The molecule has 2 amide bonds. The lowest BCUT2D eigenvalue weighted by Crippen LogP contribution is -2.51. The van der Waals surface area contributed by atoms with E-state index >= 15 is 0 Å². The van der Waals surface area contributed by atoms with E-state index in [9.17, 15) is 29.8 Å². The van der Waals surface area contributed by atoms with E-state index in [0.717, 1.165) is 25.3 Å². The highest BCUT2D eigenvalue weighted by Gasteiger charge is 2.34. The molecule has 1 aliphatic carbocycles. The van der Waals surface area contributed by atoms with Crippen molar-refractivity contribution in [3.63, 3.8) is 0 Å². The molecule has 11 heteroatoms. The van der Waals surface area contributed by atoms with Gasteiger partial charge < -0.3 is 15.4 Å². The molecule has 1 fully saturated rings. The zero-order valence-electron chi connectivity index (χ0n) is 17.9. The van der Waals surface area contributed by atoms with Gasteiger partial charge in [0.1, 0.15) is 16.6 Å². The summed E-state index contributed by atoms with van der Waals surface area (Å²) in [5, 5.41) is 25.5. The van der Waals surface area contributed by atoms with Gasteiger partial charge in [-0.25, -0.2) is 4.79 Å². The largest absolute Gasteiger partial charge is 0.454 e. The lowest BCUT2D eigenvalue weighted by Gasteiger charge is -2.31. The topological polar surface area (TPSA) is 151 Å². The average molecular weight is 465 g/mol. The predicted octanol–water partition coefficient (Wildman–Crippen LogP) is 2.89. The molecular formula is C21H25ClN4O6. The van der Waals surface area contributed by atoms with Gasteiger partial charge in [-0.15, -0.1) is 0 Å². The van der Waals surface area contributed by atoms with Gasteiger partial charge in [-0.05, 0) is 30.9 Å². The number of benzene rings is 1. The van der Waals surface area contributed by atoms with E-state index in [-0.39, 0.29) is 16.5 Å². The molecule has 1 saturated carbocycles. The Morgan fingerprint density at radius 1 is 1.28 bits per heavy atom. The predicted molar refractivity (Wildman–Crippen MR) is 115 cm³/mol. The monoisotopic (exact) mass is 464 g/mol. The summed E-state index contributed by atoms with van der Waals surface area (Å²) in [7, 11) is 0. The molecule has 172 valence electrons. The van der Waals surface area contributed by atoms with E-state index in [4.69, 9.17) is 16.3 Å². The molecule has 1 aromatic rings. The molecule has 1 aromatic carbocycles.